The molecule has 2 unspecified atom stereocenters. The number of hydrogen-bond donors (Lipinski definition) is 3. The molecule has 0 aliphatic rings. The fourth-order valence-electron chi connectivity index (χ4n) is 1.88. The van der Waals surface area contributed by atoms with E-state index in [1.54, 1.807) is 25.1 Å². The number of amides is 2. The van der Waals surface area contributed by atoms with E-state index < -0.39 is 11.8 Å². The molecule has 1 aromatic heterocycles. The molecule has 3 N–H and O–H groups in total. The topological polar surface area (TPSA) is 74.5 Å². The fourth-order valence-corrected chi connectivity index (χ4v) is 1.88. The summed E-state index contributed by atoms with van der Waals surface area (Å²) in [6, 6.07) is 7.08. The average molecular weight is 306 g/mol. The largest absolute Gasteiger partial charge is 0.464 e. The number of halogens is 1. The van der Waals surface area contributed by atoms with Gasteiger partial charge < -0.3 is 20.2 Å². The van der Waals surface area contributed by atoms with Crippen LogP contribution in [0.5, 0.6) is 0 Å². The molecule has 2 amide bonds. The maximum absolute atomic E-state index is 13.8. The van der Waals surface area contributed by atoms with Crippen molar-refractivity contribution in [2.45, 2.75) is 19.9 Å². The van der Waals surface area contributed by atoms with Crippen molar-refractivity contribution in [2.75, 3.05) is 11.9 Å². The summed E-state index contributed by atoms with van der Waals surface area (Å²) in [6.07, 6.45) is 1.52. The van der Waals surface area contributed by atoms with Crippen molar-refractivity contribution >= 4 is 11.7 Å². The molecule has 5 nitrogen and oxygen atoms in total. The van der Waals surface area contributed by atoms with E-state index in [1.807, 2.05) is 6.92 Å². The molecule has 1 aromatic carbocycles. The minimum Gasteiger partial charge on any atom is -0.464 e. The standard InChI is InChI=1S/C16H19FN2O3/c1-10(9-20)11(2)18-16(21)19-14-8-12(5-6-13(14)17)15-4-3-7-22-15/h3-8,10-11,20H,9H2,1-2H3,(H2,18,19,21). The fraction of sp³-hybridized carbons (Fsp3) is 0.312. The number of anilines is 1. The van der Waals surface area contributed by atoms with Gasteiger partial charge in [-0.3, -0.25) is 0 Å². The van der Waals surface area contributed by atoms with E-state index >= 15 is 0 Å². The first kappa shape index (κ1) is 16.0. The summed E-state index contributed by atoms with van der Waals surface area (Å²) in [5.74, 6) is -0.0379. The number of benzene rings is 1. The maximum Gasteiger partial charge on any atom is 0.319 e. The Morgan fingerprint density at radius 2 is 2.14 bits per heavy atom. The maximum atomic E-state index is 13.8. The predicted molar refractivity (Wildman–Crippen MR) is 82.0 cm³/mol. The van der Waals surface area contributed by atoms with E-state index in [-0.39, 0.29) is 24.3 Å². The molecule has 1 heterocycles. The van der Waals surface area contributed by atoms with E-state index in [2.05, 4.69) is 10.6 Å². The summed E-state index contributed by atoms with van der Waals surface area (Å²) >= 11 is 0. The number of urea groups is 1. The van der Waals surface area contributed by atoms with Gasteiger partial charge >= 0.3 is 6.03 Å². The number of hydrogen-bond acceptors (Lipinski definition) is 3. The smallest absolute Gasteiger partial charge is 0.319 e. The van der Waals surface area contributed by atoms with Crippen LogP contribution in [0.15, 0.2) is 41.0 Å². The Labute approximate surface area is 128 Å². The Morgan fingerprint density at radius 1 is 1.36 bits per heavy atom. The van der Waals surface area contributed by atoms with Gasteiger partial charge in [0.25, 0.3) is 0 Å². The van der Waals surface area contributed by atoms with Crippen LogP contribution >= 0.6 is 0 Å². The van der Waals surface area contributed by atoms with E-state index in [9.17, 15) is 9.18 Å². The second-order valence-electron chi connectivity index (χ2n) is 5.22. The molecular weight excluding hydrogens is 287 g/mol. The monoisotopic (exact) mass is 306 g/mol. The van der Waals surface area contributed by atoms with Gasteiger partial charge in [0.15, 0.2) is 0 Å². The number of carbonyl (C=O) groups excluding carboxylic acids is 1. The molecule has 2 aromatic rings. The van der Waals surface area contributed by atoms with E-state index in [0.29, 0.717) is 11.3 Å². The van der Waals surface area contributed by atoms with Crippen molar-refractivity contribution in [3.05, 3.63) is 42.4 Å². The normalized spacial score (nSPS) is 13.5. The third kappa shape index (κ3) is 3.85. The summed E-state index contributed by atoms with van der Waals surface area (Å²) in [7, 11) is 0. The van der Waals surface area contributed by atoms with Gasteiger partial charge in [0.05, 0.1) is 12.0 Å². The SMILES string of the molecule is CC(CO)C(C)NC(=O)Nc1cc(-c2ccco2)ccc1F. The van der Waals surface area contributed by atoms with Crippen LogP contribution < -0.4 is 10.6 Å². The molecule has 6 heteroatoms. The van der Waals surface area contributed by atoms with Gasteiger partial charge in [0.1, 0.15) is 11.6 Å². The molecule has 0 radical (unpaired) electrons. The molecule has 118 valence electrons. The minimum absolute atomic E-state index is 0.0379. The Hall–Kier alpha value is -2.34. The highest BCUT2D eigenvalue weighted by Gasteiger charge is 2.15. The molecule has 2 rings (SSSR count). The second-order valence-corrected chi connectivity index (χ2v) is 5.22. The summed E-state index contributed by atoms with van der Waals surface area (Å²) < 4.78 is 19.1. The zero-order chi connectivity index (χ0) is 16.1. The van der Waals surface area contributed by atoms with Crippen LogP contribution in [0.3, 0.4) is 0 Å². The van der Waals surface area contributed by atoms with Crippen molar-refractivity contribution in [1.29, 1.82) is 0 Å². The summed E-state index contributed by atoms with van der Waals surface area (Å²) in [4.78, 5) is 11.9. The van der Waals surface area contributed by atoms with Gasteiger partial charge in [-0.05, 0) is 43.2 Å². The molecule has 0 fully saturated rings. The van der Waals surface area contributed by atoms with Crippen molar-refractivity contribution in [1.82, 2.24) is 5.32 Å². The lowest BCUT2D eigenvalue weighted by molar-refractivity contribution is 0.204. The lowest BCUT2D eigenvalue weighted by Crippen LogP contribution is -2.40. The van der Waals surface area contributed by atoms with E-state index in [1.165, 1.54) is 18.4 Å². The van der Waals surface area contributed by atoms with Crippen molar-refractivity contribution in [3.8, 4) is 11.3 Å². The molecule has 0 aliphatic carbocycles. The van der Waals surface area contributed by atoms with Crippen LogP contribution in [0, 0.1) is 11.7 Å². The molecule has 0 saturated heterocycles. The minimum atomic E-state index is -0.534. The first-order chi connectivity index (χ1) is 10.5. The molecule has 0 aliphatic heterocycles. The quantitative estimate of drug-likeness (QED) is 0.794. The third-order valence-electron chi connectivity index (χ3n) is 3.52. The first-order valence-corrected chi connectivity index (χ1v) is 7.03. The molecule has 2 atom stereocenters. The Balaban J connectivity index is 2.09. The van der Waals surface area contributed by atoms with Gasteiger partial charge in [-0.1, -0.05) is 6.92 Å². The summed E-state index contributed by atoms with van der Waals surface area (Å²) in [5.41, 5.74) is 0.730. The van der Waals surface area contributed by atoms with Crippen LogP contribution in [0.2, 0.25) is 0 Å². The highest BCUT2D eigenvalue weighted by molar-refractivity contribution is 5.90. The van der Waals surface area contributed by atoms with Crippen LogP contribution in [-0.2, 0) is 0 Å². The summed E-state index contributed by atoms with van der Waals surface area (Å²) in [6.45, 7) is 3.54. The van der Waals surface area contributed by atoms with Gasteiger partial charge in [0, 0.05) is 18.2 Å². The third-order valence-corrected chi connectivity index (χ3v) is 3.52. The molecule has 0 bridgehead atoms. The van der Waals surface area contributed by atoms with Crippen LogP contribution in [0.1, 0.15) is 13.8 Å². The number of furan rings is 1. The van der Waals surface area contributed by atoms with Crippen molar-refractivity contribution in [2.24, 2.45) is 5.92 Å². The highest BCUT2D eigenvalue weighted by Crippen LogP contribution is 2.25. The Morgan fingerprint density at radius 3 is 2.77 bits per heavy atom. The predicted octanol–water partition coefficient (Wildman–Crippen LogP) is 3.22. The molecular formula is C16H19FN2O3. The Kier molecular flexibility index (Phi) is 5.16. The summed E-state index contributed by atoms with van der Waals surface area (Å²) in [5, 5.41) is 14.2. The highest BCUT2D eigenvalue weighted by atomic mass is 19.1. The van der Waals surface area contributed by atoms with Crippen molar-refractivity contribution < 1.29 is 18.7 Å². The Bertz CT molecular complexity index is 628. The van der Waals surface area contributed by atoms with Crippen molar-refractivity contribution in [3.63, 3.8) is 0 Å². The van der Waals surface area contributed by atoms with Crippen LogP contribution in [0.25, 0.3) is 11.3 Å². The second kappa shape index (κ2) is 7.09. The van der Waals surface area contributed by atoms with Gasteiger partial charge in [-0.25, -0.2) is 9.18 Å². The number of nitrogens with one attached hydrogen (secondary N) is 2. The molecule has 22 heavy (non-hydrogen) atoms. The lowest BCUT2D eigenvalue weighted by atomic mass is 10.1. The van der Waals surface area contributed by atoms with Gasteiger partial charge in [0.2, 0.25) is 0 Å². The molecule has 0 spiro atoms. The van der Waals surface area contributed by atoms with Crippen LogP contribution in [-0.4, -0.2) is 23.8 Å². The lowest BCUT2D eigenvalue weighted by Gasteiger charge is -2.19. The zero-order valence-corrected chi connectivity index (χ0v) is 12.5. The van der Waals surface area contributed by atoms with Gasteiger partial charge in [-0.15, -0.1) is 0 Å². The number of rotatable bonds is 5. The zero-order valence-electron chi connectivity index (χ0n) is 12.5. The van der Waals surface area contributed by atoms with E-state index in [4.69, 9.17) is 9.52 Å². The number of aliphatic hydroxyl groups is 1. The molecule has 0 saturated carbocycles. The number of aliphatic hydroxyl groups excluding tert-OH is 1. The van der Waals surface area contributed by atoms with E-state index in [0.717, 1.165) is 0 Å². The average Bonchev–Trinajstić information content (AvgIpc) is 3.02. The van der Waals surface area contributed by atoms with Crippen LogP contribution in [0.4, 0.5) is 14.9 Å². The first-order valence-electron chi connectivity index (χ1n) is 7.03. The number of carbonyl (C=O) groups is 1. The van der Waals surface area contributed by atoms with Gasteiger partial charge in [-0.2, -0.15) is 0 Å².